The minimum atomic E-state index is -0.395. The molecule has 0 aliphatic rings. The van der Waals surface area contributed by atoms with Gasteiger partial charge in [-0.3, -0.25) is 14.6 Å². The van der Waals surface area contributed by atoms with E-state index in [0.29, 0.717) is 22.5 Å². The largest absolute Gasteiger partial charge is 0.322 e. The van der Waals surface area contributed by atoms with Crippen LogP contribution in [0, 0.1) is 25.2 Å². The third-order valence-corrected chi connectivity index (χ3v) is 4.13. The van der Waals surface area contributed by atoms with Crippen LogP contribution in [0.25, 0.3) is 0 Å². The molecule has 0 atom stereocenters. The van der Waals surface area contributed by atoms with Gasteiger partial charge in [-0.2, -0.15) is 5.26 Å². The van der Waals surface area contributed by atoms with Crippen molar-refractivity contribution in [3.63, 3.8) is 0 Å². The second-order valence-electron chi connectivity index (χ2n) is 6.35. The molecule has 0 spiro atoms. The molecule has 0 fully saturated rings. The molecule has 2 amide bonds. The van der Waals surface area contributed by atoms with Gasteiger partial charge in [-0.15, -0.1) is 0 Å². The summed E-state index contributed by atoms with van der Waals surface area (Å²) in [7, 11) is 0. The van der Waals surface area contributed by atoms with Crippen molar-refractivity contribution < 1.29 is 9.59 Å². The van der Waals surface area contributed by atoms with Gasteiger partial charge in [-0.05, 0) is 55.8 Å². The van der Waals surface area contributed by atoms with E-state index >= 15 is 0 Å². The van der Waals surface area contributed by atoms with Crippen LogP contribution in [0.3, 0.4) is 0 Å². The Kier molecular flexibility index (Phi) is 5.47. The van der Waals surface area contributed by atoms with Crippen molar-refractivity contribution in [2.75, 3.05) is 10.6 Å². The summed E-state index contributed by atoms with van der Waals surface area (Å²) in [5.41, 5.74) is 4.12. The van der Waals surface area contributed by atoms with Gasteiger partial charge in [0.2, 0.25) is 0 Å². The van der Waals surface area contributed by atoms with Gasteiger partial charge in [0.25, 0.3) is 11.8 Å². The van der Waals surface area contributed by atoms with Crippen LogP contribution in [0.1, 0.15) is 37.5 Å². The van der Waals surface area contributed by atoms with E-state index in [1.54, 1.807) is 24.3 Å². The molecule has 3 aromatic rings. The number of aryl methyl sites for hydroxylation is 2. The Morgan fingerprint density at radius 2 is 1.79 bits per heavy atom. The van der Waals surface area contributed by atoms with E-state index in [1.165, 1.54) is 18.3 Å². The monoisotopic (exact) mass is 370 g/mol. The fourth-order valence-corrected chi connectivity index (χ4v) is 2.71. The van der Waals surface area contributed by atoms with E-state index in [2.05, 4.69) is 15.6 Å². The minimum Gasteiger partial charge on any atom is -0.322 e. The van der Waals surface area contributed by atoms with Crippen molar-refractivity contribution in [2.24, 2.45) is 0 Å². The molecule has 6 heteroatoms. The lowest BCUT2D eigenvalue weighted by Gasteiger charge is -2.10. The van der Waals surface area contributed by atoms with Gasteiger partial charge in [0, 0.05) is 23.1 Å². The van der Waals surface area contributed by atoms with Gasteiger partial charge in [0.05, 0.1) is 11.6 Å². The molecular weight excluding hydrogens is 352 g/mol. The first-order chi connectivity index (χ1) is 13.5. The average Bonchev–Trinajstić information content (AvgIpc) is 2.70. The molecule has 0 radical (unpaired) electrons. The van der Waals surface area contributed by atoms with Crippen LogP contribution in [-0.2, 0) is 0 Å². The summed E-state index contributed by atoms with van der Waals surface area (Å²) in [4.78, 5) is 29.1. The number of amides is 2. The second-order valence-corrected chi connectivity index (χ2v) is 6.35. The number of hydrogen-bond donors (Lipinski definition) is 2. The maximum Gasteiger partial charge on any atom is 0.274 e. The predicted octanol–water partition coefficient (Wildman–Crippen LogP) is 4.07. The van der Waals surface area contributed by atoms with Crippen LogP contribution in [0.15, 0.2) is 60.8 Å². The number of nitriles is 1. The van der Waals surface area contributed by atoms with Crippen molar-refractivity contribution in [3.05, 3.63) is 88.7 Å². The summed E-state index contributed by atoms with van der Waals surface area (Å²) in [6, 6.07) is 17.3. The number of nitrogens with one attached hydrogen (secondary N) is 2. The molecule has 0 aliphatic heterocycles. The highest BCUT2D eigenvalue weighted by Gasteiger charge is 2.13. The molecule has 3 rings (SSSR count). The van der Waals surface area contributed by atoms with E-state index < -0.39 is 11.8 Å². The fraction of sp³-hybridized carbons (Fsp3) is 0.0909. The van der Waals surface area contributed by atoms with E-state index in [9.17, 15) is 9.59 Å². The SMILES string of the molecule is Cc1ccc(NC(=O)c2cc(C(=O)Nc3cccc(C#N)c3)ccn2)c(C)c1. The zero-order valence-corrected chi connectivity index (χ0v) is 15.5. The Bertz CT molecular complexity index is 1100. The number of nitrogens with zero attached hydrogens (tertiary/aromatic N) is 2. The van der Waals surface area contributed by atoms with Crippen molar-refractivity contribution >= 4 is 23.2 Å². The molecular formula is C22H18N4O2. The zero-order valence-electron chi connectivity index (χ0n) is 15.5. The number of carbonyl (C=O) groups excluding carboxylic acids is 2. The molecule has 0 saturated carbocycles. The standard InChI is InChI=1S/C22H18N4O2/c1-14-6-7-19(15(2)10-14)26-22(28)20-12-17(8-9-24-20)21(27)25-18-5-3-4-16(11-18)13-23/h3-12H,1-2H3,(H,25,27)(H,26,28). The number of aromatic nitrogens is 1. The first-order valence-corrected chi connectivity index (χ1v) is 8.62. The summed E-state index contributed by atoms with van der Waals surface area (Å²) < 4.78 is 0. The quantitative estimate of drug-likeness (QED) is 0.723. The van der Waals surface area contributed by atoms with Gasteiger partial charge in [0.15, 0.2) is 0 Å². The third-order valence-electron chi connectivity index (χ3n) is 4.13. The van der Waals surface area contributed by atoms with Crippen LogP contribution in [0.2, 0.25) is 0 Å². The van der Waals surface area contributed by atoms with Gasteiger partial charge in [-0.25, -0.2) is 0 Å². The summed E-state index contributed by atoms with van der Waals surface area (Å²) in [6.07, 6.45) is 1.41. The molecule has 0 aliphatic carbocycles. The lowest BCUT2D eigenvalue weighted by molar-refractivity contribution is 0.102. The number of benzene rings is 2. The third kappa shape index (κ3) is 4.40. The van der Waals surface area contributed by atoms with Crippen molar-refractivity contribution in [1.29, 1.82) is 5.26 Å². The van der Waals surface area contributed by atoms with Crippen LogP contribution in [0.5, 0.6) is 0 Å². The maximum absolute atomic E-state index is 12.5. The van der Waals surface area contributed by atoms with Gasteiger partial charge >= 0.3 is 0 Å². The fourth-order valence-electron chi connectivity index (χ4n) is 2.71. The molecule has 0 bridgehead atoms. The Morgan fingerprint density at radius 1 is 0.964 bits per heavy atom. The Labute approximate surface area is 162 Å². The summed E-state index contributed by atoms with van der Waals surface area (Å²) >= 11 is 0. The average molecular weight is 370 g/mol. The lowest BCUT2D eigenvalue weighted by atomic mass is 10.1. The minimum absolute atomic E-state index is 0.137. The Balaban J connectivity index is 1.76. The molecule has 1 heterocycles. The first kappa shape index (κ1) is 18.8. The summed E-state index contributed by atoms with van der Waals surface area (Å²) in [6.45, 7) is 3.89. The highest BCUT2D eigenvalue weighted by atomic mass is 16.2. The number of anilines is 2. The highest BCUT2D eigenvalue weighted by molar-refractivity contribution is 6.08. The number of pyridine rings is 1. The molecule has 2 N–H and O–H groups in total. The topological polar surface area (TPSA) is 94.9 Å². The molecule has 0 saturated heterocycles. The number of carbonyl (C=O) groups is 2. The number of rotatable bonds is 4. The van der Waals surface area contributed by atoms with Gasteiger partial charge in [0.1, 0.15) is 5.69 Å². The lowest BCUT2D eigenvalue weighted by Crippen LogP contribution is -2.17. The molecule has 6 nitrogen and oxygen atoms in total. The van der Waals surface area contributed by atoms with Crippen LogP contribution in [0.4, 0.5) is 11.4 Å². The smallest absolute Gasteiger partial charge is 0.274 e. The molecule has 28 heavy (non-hydrogen) atoms. The van der Waals surface area contributed by atoms with E-state index in [1.807, 2.05) is 38.1 Å². The maximum atomic E-state index is 12.5. The van der Waals surface area contributed by atoms with E-state index in [4.69, 9.17) is 5.26 Å². The predicted molar refractivity (Wildman–Crippen MR) is 107 cm³/mol. The van der Waals surface area contributed by atoms with Crippen LogP contribution >= 0.6 is 0 Å². The molecule has 0 unspecified atom stereocenters. The van der Waals surface area contributed by atoms with E-state index in [0.717, 1.165) is 11.1 Å². The van der Waals surface area contributed by atoms with Crippen molar-refractivity contribution in [2.45, 2.75) is 13.8 Å². The molecule has 138 valence electrons. The second kappa shape index (κ2) is 8.14. The van der Waals surface area contributed by atoms with Gasteiger partial charge < -0.3 is 10.6 Å². The van der Waals surface area contributed by atoms with Gasteiger partial charge in [-0.1, -0.05) is 23.8 Å². The van der Waals surface area contributed by atoms with E-state index in [-0.39, 0.29) is 5.69 Å². The Hall–Kier alpha value is -3.98. The van der Waals surface area contributed by atoms with Crippen molar-refractivity contribution in [1.82, 2.24) is 4.98 Å². The van der Waals surface area contributed by atoms with Crippen LogP contribution < -0.4 is 10.6 Å². The highest BCUT2D eigenvalue weighted by Crippen LogP contribution is 2.17. The first-order valence-electron chi connectivity index (χ1n) is 8.62. The molecule has 1 aromatic heterocycles. The molecule has 2 aromatic carbocycles. The summed E-state index contributed by atoms with van der Waals surface area (Å²) in [5.74, 6) is -0.786. The number of hydrogen-bond acceptors (Lipinski definition) is 4. The van der Waals surface area contributed by atoms with Crippen LogP contribution in [-0.4, -0.2) is 16.8 Å². The normalized spacial score (nSPS) is 10.0. The Morgan fingerprint density at radius 3 is 2.54 bits per heavy atom. The zero-order chi connectivity index (χ0) is 20.1. The van der Waals surface area contributed by atoms with Crippen molar-refractivity contribution in [3.8, 4) is 6.07 Å². The summed E-state index contributed by atoms with van der Waals surface area (Å²) in [5, 5.41) is 14.5.